The number of esters is 1. The molecule has 0 aliphatic heterocycles. The minimum atomic E-state index is -0.792. The van der Waals surface area contributed by atoms with E-state index in [0.29, 0.717) is 0 Å². The van der Waals surface area contributed by atoms with Crippen LogP contribution in [0.3, 0.4) is 0 Å². The summed E-state index contributed by atoms with van der Waals surface area (Å²) < 4.78 is 17.7. The third-order valence-corrected chi connectivity index (χ3v) is 2.55. The SMILES string of the molecule is COC(=O)c1cc(F)ccc1NC(=O)c1ccc(=O)[nH]n1. The van der Waals surface area contributed by atoms with Crippen molar-refractivity contribution in [3.8, 4) is 0 Å². The van der Waals surface area contributed by atoms with Crippen molar-refractivity contribution in [2.45, 2.75) is 0 Å². The highest BCUT2D eigenvalue weighted by Crippen LogP contribution is 2.18. The predicted molar refractivity (Wildman–Crippen MR) is 70.6 cm³/mol. The number of carbonyl (C=O) groups is 2. The Morgan fingerprint density at radius 3 is 2.67 bits per heavy atom. The molecule has 1 aromatic heterocycles. The fourth-order valence-corrected chi connectivity index (χ4v) is 1.56. The fourth-order valence-electron chi connectivity index (χ4n) is 1.56. The lowest BCUT2D eigenvalue weighted by Crippen LogP contribution is -2.19. The maximum absolute atomic E-state index is 13.2. The number of ether oxygens (including phenoxy) is 1. The van der Waals surface area contributed by atoms with Crippen LogP contribution in [0.5, 0.6) is 0 Å². The molecule has 1 amide bonds. The van der Waals surface area contributed by atoms with E-state index in [0.717, 1.165) is 25.3 Å². The molecule has 0 saturated heterocycles. The van der Waals surface area contributed by atoms with Crippen LogP contribution in [-0.4, -0.2) is 29.2 Å². The number of hydrogen-bond donors (Lipinski definition) is 2. The molecule has 0 fully saturated rings. The van der Waals surface area contributed by atoms with Crippen LogP contribution in [0, 0.1) is 5.82 Å². The van der Waals surface area contributed by atoms with Gasteiger partial charge in [0.15, 0.2) is 0 Å². The summed E-state index contributed by atoms with van der Waals surface area (Å²) in [6.07, 6.45) is 0. The van der Waals surface area contributed by atoms with Crippen LogP contribution < -0.4 is 10.9 Å². The van der Waals surface area contributed by atoms with E-state index in [1.165, 1.54) is 12.1 Å². The zero-order chi connectivity index (χ0) is 15.4. The number of rotatable bonds is 3. The van der Waals surface area contributed by atoms with Crippen LogP contribution in [0.15, 0.2) is 35.1 Å². The molecule has 0 atom stereocenters. The number of aromatic nitrogens is 2. The zero-order valence-corrected chi connectivity index (χ0v) is 10.8. The van der Waals surface area contributed by atoms with Crippen LogP contribution >= 0.6 is 0 Å². The van der Waals surface area contributed by atoms with Gasteiger partial charge in [0.2, 0.25) is 0 Å². The highest BCUT2D eigenvalue weighted by atomic mass is 19.1. The van der Waals surface area contributed by atoms with Crippen molar-refractivity contribution in [1.29, 1.82) is 0 Å². The Balaban J connectivity index is 2.30. The minimum Gasteiger partial charge on any atom is -0.465 e. The lowest BCUT2D eigenvalue weighted by Gasteiger charge is -2.09. The summed E-state index contributed by atoms with van der Waals surface area (Å²) in [5.41, 5.74) is -0.574. The summed E-state index contributed by atoms with van der Waals surface area (Å²) in [5, 5.41) is 8.05. The van der Waals surface area contributed by atoms with Gasteiger partial charge in [0, 0.05) is 6.07 Å². The molecule has 0 radical (unpaired) electrons. The molecule has 2 N–H and O–H groups in total. The Bertz CT molecular complexity index is 737. The Morgan fingerprint density at radius 2 is 2.05 bits per heavy atom. The second kappa shape index (κ2) is 5.95. The molecular weight excluding hydrogens is 281 g/mol. The van der Waals surface area contributed by atoms with Gasteiger partial charge in [-0.3, -0.25) is 9.59 Å². The van der Waals surface area contributed by atoms with E-state index in [4.69, 9.17) is 0 Å². The Labute approximate surface area is 117 Å². The molecule has 0 aliphatic carbocycles. The van der Waals surface area contributed by atoms with E-state index in [2.05, 4.69) is 20.3 Å². The molecule has 0 spiro atoms. The number of methoxy groups -OCH3 is 1. The summed E-state index contributed by atoms with van der Waals surface area (Å²) in [6, 6.07) is 5.61. The van der Waals surface area contributed by atoms with Gasteiger partial charge in [-0.2, -0.15) is 5.10 Å². The first kappa shape index (κ1) is 14.4. The zero-order valence-electron chi connectivity index (χ0n) is 10.8. The Morgan fingerprint density at radius 1 is 1.29 bits per heavy atom. The normalized spacial score (nSPS) is 10.0. The predicted octanol–water partition coefficient (Wildman–Crippen LogP) is 0.948. The van der Waals surface area contributed by atoms with Crippen molar-refractivity contribution in [2.24, 2.45) is 0 Å². The molecule has 0 unspecified atom stereocenters. The van der Waals surface area contributed by atoms with E-state index < -0.39 is 23.3 Å². The molecule has 7 nitrogen and oxygen atoms in total. The third-order valence-electron chi connectivity index (χ3n) is 2.55. The second-order valence-electron chi connectivity index (χ2n) is 3.94. The molecule has 2 aromatic rings. The van der Waals surface area contributed by atoms with E-state index >= 15 is 0 Å². The highest BCUT2D eigenvalue weighted by molar-refractivity contribution is 6.06. The summed E-state index contributed by atoms with van der Waals surface area (Å²) in [5.74, 6) is -2.10. The van der Waals surface area contributed by atoms with Crippen LogP contribution in [-0.2, 0) is 4.74 Å². The molecule has 108 valence electrons. The summed E-state index contributed by atoms with van der Waals surface area (Å²) in [4.78, 5) is 34.3. The van der Waals surface area contributed by atoms with Gasteiger partial charge in [-0.25, -0.2) is 14.3 Å². The highest BCUT2D eigenvalue weighted by Gasteiger charge is 2.16. The smallest absolute Gasteiger partial charge is 0.340 e. The fraction of sp³-hybridized carbons (Fsp3) is 0.0769. The monoisotopic (exact) mass is 291 g/mol. The number of nitrogens with zero attached hydrogens (tertiary/aromatic N) is 1. The first-order valence-corrected chi connectivity index (χ1v) is 5.76. The Hall–Kier alpha value is -3.03. The van der Waals surface area contributed by atoms with Gasteiger partial charge in [-0.05, 0) is 24.3 Å². The van der Waals surface area contributed by atoms with Crippen LogP contribution in [0.1, 0.15) is 20.8 Å². The van der Waals surface area contributed by atoms with Crippen LogP contribution in [0.25, 0.3) is 0 Å². The number of anilines is 1. The largest absolute Gasteiger partial charge is 0.465 e. The lowest BCUT2D eigenvalue weighted by atomic mass is 10.1. The number of amides is 1. The number of aromatic amines is 1. The Kier molecular flexibility index (Phi) is 4.07. The summed E-state index contributed by atoms with van der Waals surface area (Å²) >= 11 is 0. The van der Waals surface area contributed by atoms with Crippen molar-refractivity contribution in [2.75, 3.05) is 12.4 Å². The maximum Gasteiger partial charge on any atom is 0.340 e. The molecular formula is C13H10FN3O4. The van der Waals surface area contributed by atoms with E-state index in [-0.39, 0.29) is 16.9 Å². The molecule has 1 aromatic carbocycles. The number of halogens is 1. The summed E-state index contributed by atoms with van der Waals surface area (Å²) in [7, 11) is 1.14. The lowest BCUT2D eigenvalue weighted by molar-refractivity contribution is 0.0601. The third kappa shape index (κ3) is 3.30. The van der Waals surface area contributed by atoms with Crippen molar-refractivity contribution in [3.63, 3.8) is 0 Å². The number of carbonyl (C=O) groups excluding carboxylic acids is 2. The first-order valence-electron chi connectivity index (χ1n) is 5.76. The molecule has 21 heavy (non-hydrogen) atoms. The molecule has 0 bridgehead atoms. The van der Waals surface area contributed by atoms with Crippen molar-refractivity contribution < 1.29 is 18.7 Å². The molecule has 8 heteroatoms. The molecule has 1 heterocycles. The van der Waals surface area contributed by atoms with Gasteiger partial charge in [0.05, 0.1) is 18.4 Å². The van der Waals surface area contributed by atoms with Crippen molar-refractivity contribution >= 4 is 17.6 Å². The minimum absolute atomic E-state index is 0.0604. The quantitative estimate of drug-likeness (QED) is 0.820. The average Bonchev–Trinajstić information content (AvgIpc) is 2.48. The van der Waals surface area contributed by atoms with E-state index in [9.17, 15) is 18.8 Å². The van der Waals surface area contributed by atoms with Crippen LogP contribution in [0.4, 0.5) is 10.1 Å². The maximum atomic E-state index is 13.2. The second-order valence-corrected chi connectivity index (χ2v) is 3.94. The van der Waals surface area contributed by atoms with Gasteiger partial charge in [0.25, 0.3) is 11.5 Å². The molecule has 0 saturated carbocycles. The number of nitrogens with one attached hydrogen (secondary N) is 2. The van der Waals surface area contributed by atoms with Crippen molar-refractivity contribution in [1.82, 2.24) is 10.2 Å². The van der Waals surface area contributed by atoms with Crippen molar-refractivity contribution in [3.05, 3.63) is 57.8 Å². The average molecular weight is 291 g/mol. The number of hydrogen-bond acceptors (Lipinski definition) is 5. The topological polar surface area (TPSA) is 101 Å². The molecule has 0 aliphatic rings. The van der Waals surface area contributed by atoms with Gasteiger partial charge in [-0.1, -0.05) is 0 Å². The number of benzene rings is 1. The van der Waals surface area contributed by atoms with Gasteiger partial charge < -0.3 is 10.1 Å². The first-order chi connectivity index (χ1) is 10.0. The van der Waals surface area contributed by atoms with Gasteiger partial charge >= 0.3 is 5.97 Å². The van der Waals surface area contributed by atoms with Gasteiger partial charge in [0.1, 0.15) is 11.5 Å². The van der Waals surface area contributed by atoms with Crippen LogP contribution in [0.2, 0.25) is 0 Å². The number of H-pyrrole nitrogens is 1. The molecule has 2 rings (SSSR count). The van der Waals surface area contributed by atoms with E-state index in [1.54, 1.807) is 0 Å². The standard InChI is InChI=1S/C13H10FN3O4/c1-21-13(20)8-6-7(14)2-3-9(8)15-12(19)10-4-5-11(18)17-16-10/h2-6H,1H3,(H,15,19)(H,17,18). The summed E-state index contributed by atoms with van der Waals surface area (Å²) in [6.45, 7) is 0. The van der Waals surface area contributed by atoms with Gasteiger partial charge in [-0.15, -0.1) is 0 Å². The van der Waals surface area contributed by atoms with E-state index in [1.807, 2.05) is 0 Å².